The molecule has 6 heteroatoms. The van der Waals surface area contributed by atoms with E-state index in [1.165, 1.54) is 0 Å². The van der Waals surface area contributed by atoms with Crippen molar-refractivity contribution in [3.05, 3.63) is 41.7 Å². The minimum Gasteiger partial charge on any atom is -0.353 e. The number of amides is 1. The van der Waals surface area contributed by atoms with Gasteiger partial charge in [-0.3, -0.25) is 4.79 Å². The maximum Gasteiger partial charge on any atom is 0.224 e. The lowest BCUT2D eigenvalue weighted by atomic mass is 9.79. The fraction of sp³-hybridized carbons (Fsp3) is 0.385. The van der Waals surface area contributed by atoms with Crippen LogP contribution in [0.5, 0.6) is 0 Å². The maximum atomic E-state index is 11.8. The van der Waals surface area contributed by atoms with E-state index in [-0.39, 0.29) is 11.9 Å². The van der Waals surface area contributed by atoms with Crippen LogP contribution in [0.1, 0.15) is 30.1 Å². The van der Waals surface area contributed by atoms with Gasteiger partial charge in [0.15, 0.2) is 5.82 Å². The number of tetrazole rings is 1. The molecule has 98 valence electrons. The van der Waals surface area contributed by atoms with Crippen molar-refractivity contribution < 1.29 is 4.79 Å². The van der Waals surface area contributed by atoms with Gasteiger partial charge < -0.3 is 5.32 Å². The highest BCUT2D eigenvalue weighted by molar-refractivity contribution is 5.78. The monoisotopic (exact) mass is 257 g/mol. The van der Waals surface area contributed by atoms with Gasteiger partial charge in [0.05, 0.1) is 6.42 Å². The Balaban J connectivity index is 1.45. The second-order valence-electron chi connectivity index (χ2n) is 4.87. The molecule has 0 unspecified atom stereocenters. The average molecular weight is 257 g/mol. The van der Waals surface area contributed by atoms with Gasteiger partial charge in [-0.1, -0.05) is 35.5 Å². The lowest BCUT2D eigenvalue weighted by Gasteiger charge is -2.33. The van der Waals surface area contributed by atoms with Crippen LogP contribution in [0.2, 0.25) is 0 Å². The molecule has 1 heterocycles. The first kappa shape index (κ1) is 11.8. The maximum absolute atomic E-state index is 11.8. The largest absolute Gasteiger partial charge is 0.353 e. The summed E-state index contributed by atoms with van der Waals surface area (Å²) >= 11 is 0. The molecule has 2 N–H and O–H groups in total. The van der Waals surface area contributed by atoms with Crippen molar-refractivity contribution in [3.63, 3.8) is 0 Å². The topological polar surface area (TPSA) is 83.6 Å². The van der Waals surface area contributed by atoms with Gasteiger partial charge in [-0.15, -0.1) is 10.2 Å². The molecule has 0 saturated heterocycles. The smallest absolute Gasteiger partial charge is 0.224 e. The van der Waals surface area contributed by atoms with Crippen molar-refractivity contribution >= 4 is 5.91 Å². The number of carbonyl (C=O) groups excluding carboxylic acids is 1. The predicted molar refractivity (Wildman–Crippen MR) is 68.2 cm³/mol. The summed E-state index contributed by atoms with van der Waals surface area (Å²) in [5.74, 6) is 1.14. The van der Waals surface area contributed by atoms with Gasteiger partial charge in [-0.2, -0.15) is 5.21 Å². The molecule has 1 aromatic carbocycles. The number of aromatic amines is 1. The Morgan fingerprint density at radius 3 is 2.79 bits per heavy atom. The van der Waals surface area contributed by atoms with Crippen LogP contribution in [0.25, 0.3) is 0 Å². The minimum atomic E-state index is 0.0720. The minimum absolute atomic E-state index is 0.0720. The number of hydrogen-bond acceptors (Lipinski definition) is 4. The number of aromatic nitrogens is 4. The van der Waals surface area contributed by atoms with Gasteiger partial charge in [0.25, 0.3) is 0 Å². The summed E-state index contributed by atoms with van der Waals surface area (Å²) in [5.41, 5.74) is 1.04. The highest BCUT2D eigenvalue weighted by Gasteiger charge is 2.33. The number of benzene rings is 1. The van der Waals surface area contributed by atoms with Gasteiger partial charge >= 0.3 is 0 Å². The third-order valence-electron chi connectivity index (χ3n) is 3.44. The highest BCUT2D eigenvalue weighted by Crippen LogP contribution is 2.34. The molecule has 6 nitrogen and oxygen atoms in total. The third kappa shape index (κ3) is 2.78. The van der Waals surface area contributed by atoms with E-state index < -0.39 is 0 Å². The molecule has 1 saturated carbocycles. The second kappa shape index (κ2) is 5.17. The standard InChI is InChI=1S/C13H15N5O/c19-12(6-9-4-2-1-3-5-9)14-11-7-10(8-11)13-15-17-18-16-13/h1-5,10-11H,6-8H2,(H,14,19)(H,15,16,17,18). The fourth-order valence-electron chi connectivity index (χ4n) is 2.35. The van der Waals surface area contributed by atoms with Crippen molar-refractivity contribution in [2.24, 2.45) is 0 Å². The van der Waals surface area contributed by atoms with Crippen molar-refractivity contribution in [2.45, 2.75) is 31.2 Å². The van der Waals surface area contributed by atoms with Gasteiger partial charge in [0.1, 0.15) is 0 Å². The van der Waals surface area contributed by atoms with Crippen LogP contribution in [0.3, 0.4) is 0 Å². The van der Waals surface area contributed by atoms with E-state index in [9.17, 15) is 4.79 Å². The molecule has 0 aliphatic heterocycles. The number of nitrogens with zero attached hydrogens (tertiary/aromatic N) is 3. The zero-order chi connectivity index (χ0) is 13.1. The molecule has 1 amide bonds. The molecule has 2 aromatic rings. The molecule has 0 spiro atoms. The van der Waals surface area contributed by atoms with Crippen LogP contribution in [0.4, 0.5) is 0 Å². The van der Waals surface area contributed by atoms with Crippen molar-refractivity contribution in [2.75, 3.05) is 0 Å². The summed E-state index contributed by atoms with van der Waals surface area (Å²) in [4.78, 5) is 11.8. The number of nitrogens with one attached hydrogen (secondary N) is 2. The lowest BCUT2D eigenvalue weighted by Crippen LogP contribution is -2.44. The predicted octanol–water partition coefficient (Wildman–Crippen LogP) is 0.805. The number of hydrogen-bond donors (Lipinski definition) is 2. The Hall–Kier alpha value is -2.24. The molecule has 1 aliphatic rings. The fourth-order valence-corrected chi connectivity index (χ4v) is 2.35. The van der Waals surface area contributed by atoms with Crippen LogP contribution in [-0.2, 0) is 11.2 Å². The summed E-state index contributed by atoms with van der Waals surface area (Å²) in [7, 11) is 0. The molecule has 1 aromatic heterocycles. The summed E-state index contributed by atoms with van der Waals surface area (Å²) in [6.45, 7) is 0. The molecule has 0 radical (unpaired) electrons. The zero-order valence-corrected chi connectivity index (χ0v) is 10.4. The van der Waals surface area contributed by atoms with Crippen LogP contribution in [0, 0.1) is 0 Å². The summed E-state index contributed by atoms with van der Waals surface area (Å²) in [5, 5.41) is 16.9. The van der Waals surface area contributed by atoms with Crippen LogP contribution in [-0.4, -0.2) is 32.6 Å². The summed E-state index contributed by atoms with van der Waals surface area (Å²) in [6, 6.07) is 9.99. The first-order chi connectivity index (χ1) is 9.31. The summed E-state index contributed by atoms with van der Waals surface area (Å²) < 4.78 is 0. The molecule has 1 aliphatic carbocycles. The van der Waals surface area contributed by atoms with Crippen LogP contribution in [0.15, 0.2) is 30.3 Å². The molecular formula is C13H15N5O. The van der Waals surface area contributed by atoms with Gasteiger partial charge in [-0.25, -0.2) is 0 Å². The number of rotatable bonds is 4. The van der Waals surface area contributed by atoms with Crippen LogP contribution >= 0.6 is 0 Å². The van der Waals surface area contributed by atoms with Crippen molar-refractivity contribution in [3.8, 4) is 0 Å². The third-order valence-corrected chi connectivity index (χ3v) is 3.44. The number of carbonyl (C=O) groups is 1. The first-order valence-corrected chi connectivity index (χ1v) is 6.38. The highest BCUT2D eigenvalue weighted by atomic mass is 16.1. The molecule has 0 bridgehead atoms. The van der Waals surface area contributed by atoms with E-state index in [0.717, 1.165) is 24.2 Å². The van der Waals surface area contributed by atoms with E-state index in [1.807, 2.05) is 30.3 Å². The second-order valence-corrected chi connectivity index (χ2v) is 4.87. The van der Waals surface area contributed by atoms with E-state index in [4.69, 9.17) is 0 Å². The van der Waals surface area contributed by atoms with Gasteiger partial charge in [0, 0.05) is 12.0 Å². The van der Waals surface area contributed by atoms with Crippen molar-refractivity contribution in [1.29, 1.82) is 0 Å². The molecule has 3 rings (SSSR count). The molecule has 19 heavy (non-hydrogen) atoms. The zero-order valence-electron chi connectivity index (χ0n) is 10.4. The SMILES string of the molecule is O=C(Cc1ccccc1)NC1CC(c2nn[nH]n2)C1. The molecule has 0 atom stereocenters. The Kier molecular flexibility index (Phi) is 3.22. The molecular weight excluding hydrogens is 242 g/mol. The van der Waals surface area contributed by atoms with Crippen LogP contribution < -0.4 is 5.32 Å². The quantitative estimate of drug-likeness (QED) is 0.848. The Labute approximate surface area is 110 Å². The summed E-state index contributed by atoms with van der Waals surface area (Å²) in [6.07, 6.45) is 2.21. The van der Waals surface area contributed by atoms with E-state index in [1.54, 1.807) is 0 Å². The van der Waals surface area contributed by atoms with E-state index in [2.05, 4.69) is 25.9 Å². The lowest BCUT2D eigenvalue weighted by molar-refractivity contribution is -0.121. The average Bonchev–Trinajstić information content (AvgIpc) is 2.88. The van der Waals surface area contributed by atoms with E-state index >= 15 is 0 Å². The Morgan fingerprint density at radius 2 is 2.11 bits per heavy atom. The number of H-pyrrole nitrogens is 1. The Morgan fingerprint density at radius 1 is 1.32 bits per heavy atom. The molecule has 1 fully saturated rings. The normalized spacial score (nSPS) is 21.7. The van der Waals surface area contributed by atoms with E-state index in [0.29, 0.717) is 12.3 Å². The van der Waals surface area contributed by atoms with Gasteiger partial charge in [0.2, 0.25) is 5.91 Å². The Bertz CT molecular complexity index is 533. The van der Waals surface area contributed by atoms with Crippen molar-refractivity contribution in [1.82, 2.24) is 25.9 Å². The van der Waals surface area contributed by atoms with Gasteiger partial charge in [-0.05, 0) is 18.4 Å². The first-order valence-electron chi connectivity index (χ1n) is 6.38.